The van der Waals surface area contributed by atoms with Gasteiger partial charge in [0.05, 0.1) is 4.91 Å². The summed E-state index contributed by atoms with van der Waals surface area (Å²) in [5, 5.41) is 1.76. The summed E-state index contributed by atoms with van der Waals surface area (Å²) in [6.45, 7) is 2.23. The molecule has 1 fully saturated rings. The fourth-order valence-electron chi connectivity index (χ4n) is 1.28. The summed E-state index contributed by atoms with van der Waals surface area (Å²) >= 11 is 2.56. The highest BCUT2D eigenvalue weighted by Gasteiger charge is 2.33. The Labute approximate surface area is 95.8 Å². The Hall–Kier alpha value is -1.07. The maximum Gasteiger partial charge on any atom is 0.293 e. The molecule has 0 aromatic carbocycles. The predicted octanol–water partition coefficient (Wildman–Crippen LogP) is 2.80. The Kier molecular flexibility index (Phi) is 2.93. The van der Waals surface area contributed by atoms with E-state index in [-0.39, 0.29) is 11.1 Å². The minimum atomic E-state index is -0.180. The van der Waals surface area contributed by atoms with Gasteiger partial charge in [-0.25, -0.2) is 0 Å². The zero-order valence-corrected chi connectivity index (χ0v) is 9.73. The molecule has 78 valence electrons. The average Bonchev–Trinajstić information content (AvgIpc) is 2.78. The quantitative estimate of drug-likeness (QED) is 0.745. The molecule has 1 aromatic heterocycles. The van der Waals surface area contributed by atoms with E-state index in [0.717, 1.165) is 16.6 Å². The van der Waals surface area contributed by atoms with Crippen LogP contribution in [-0.2, 0) is 4.79 Å². The summed E-state index contributed by atoms with van der Waals surface area (Å²) in [7, 11) is 0. The molecular formula is C10H9NO2S2. The molecule has 0 radical (unpaired) electrons. The van der Waals surface area contributed by atoms with Crippen LogP contribution in [-0.4, -0.2) is 22.6 Å². The van der Waals surface area contributed by atoms with Gasteiger partial charge in [-0.1, -0.05) is 6.07 Å². The molecule has 0 aliphatic carbocycles. The maximum absolute atomic E-state index is 11.7. The fraction of sp³-hybridized carbons (Fsp3) is 0.200. The third kappa shape index (κ3) is 1.98. The second-order valence-corrected chi connectivity index (χ2v) is 4.91. The second-order valence-electron chi connectivity index (χ2n) is 2.94. The highest BCUT2D eigenvalue weighted by Crippen LogP contribution is 2.32. The van der Waals surface area contributed by atoms with Crippen molar-refractivity contribution in [2.45, 2.75) is 6.92 Å². The first-order valence-electron chi connectivity index (χ1n) is 4.51. The zero-order valence-electron chi connectivity index (χ0n) is 8.10. The Bertz CT molecular complexity index is 423. The van der Waals surface area contributed by atoms with E-state index in [1.807, 2.05) is 17.5 Å². The number of nitrogens with zero attached hydrogens (tertiary/aromatic N) is 1. The third-order valence-corrected chi connectivity index (χ3v) is 3.73. The number of hydrogen-bond acceptors (Lipinski definition) is 4. The van der Waals surface area contributed by atoms with Gasteiger partial charge in [0.25, 0.3) is 11.1 Å². The normalized spacial score (nSPS) is 19.3. The highest BCUT2D eigenvalue weighted by atomic mass is 32.2. The molecule has 5 heteroatoms. The molecule has 3 nitrogen and oxygen atoms in total. The van der Waals surface area contributed by atoms with Gasteiger partial charge in [-0.05, 0) is 36.2 Å². The van der Waals surface area contributed by atoms with Crippen molar-refractivity contribution in [3.05, 3.63) is 27.3 Å². The highest BCUT2D eigenvalue weighted by molar-refractivity contribution is 8.18. The Balaban J connectivity index is 2.26. The van der Waals surface area contributed by atoms with Gasteiger partial charge in [0.15, 0.2) is 0 Å². The number of carbonyl (C=O) groups excluding carboxylic acids is 2. The Morgan fingerprint density at radius 3 is 2.80 bits per heavy atom. The van der Waals surface area contributed by atoms with Crippen molar-refractivity contribution in [2.24, 2.45) is 0 Å². The molecule has 0 spiro atoms. The van der Waals surface area contributed by atoms with Gasteiger partial charge in [-0.15, -0.1) is 11.3 Å². The summed E-state index contributed by atoms with van der Waals surface area (Å²) in [6, 6.07) is 3.84. The molecule has 0 bridgehead atoms. The third-order valence-electron chi connectivity index (χ3n) is 2.01. The lowest BCUT2D eigenvalue weighted by Crippen LogP contribution is -2.27. The van der Waals surface area contributed by atoms with Crippen LogP contribution in [0.25, 0.3) is 6.08 Å². The zero-order chi connectivity index (χ0) is 10.8. The SMILES string of the molecule is CCN1C(=O)SC(=Cc2cccs2)C1=O. The van der Waals surface area contributed by atoms with Gasteiger partial charge in [-0.3, -0.25) is 14.5 Å². The van der Waals surface area contributed by atoms with Crippen LogP contribution < -0.4 is 0 Å². The minimum Gasteiger partial charge on any atom is -0.269 e. The second kappa shape index (κ2) is 4.20. The number of imide groups is 1. The first-order valence-corrected chi connectivity index (χ1v) is 6.21. The number of likely N-dealkylation sites (N-methyl/N-ethyl adjacent to an activating group) is 1. The van der Waals surface area contributed by atoms with E-state index in [0.29, 0.717) is 11.4 Å². The maximum atomic E-state index is 11.7. The number of thiophene rings is 1. The van der Waals surface area contributed by atoms with Crippen molar-refractivity contribution in [1.82, 2.24) is 4.90 Å². The molecule has 1 aliphatic rings. The van der Waals surface area contributed by atoms with Crippen LogP contribution in [0.1, 0.15) is 11.8 Å². The molecule has 0 unspecified atom stereocenters. The van der Waals surface area contributed by atoms with Crippen molar-refractivity contribution < 1.29 is 9.59 Å². The molecule has 2 amide bonds. The van der Waals surface area contributed by atoms with E-state index in [9.17, 15) is 9.59 Å². The molecule has 1 saturated heterocycles. The Morgan fingerprint density at radius 1 is 1.47 bits per heavy atom. The van der Waals surface area contributed by atoms with Gasteiger partial charge in [0, 0.05) is 11.4 Å². The van der Waals surface area contributed by atoms with Crippen LogP contribution in [0.2, 0.25) is 0 Å². The van der Waals surface area contributed by atoms with E-state index in [1.165, 1.54) is 4.90 Å². The molecule has 0 N–H and O–H groups in total. The first kappa shape index (κ1) is 10.4. The number of hydrogen-bond donors (Lipinski definition) is 0. The average molecular weight is 239 g/mol. The molecule has 1 aliphatic heterocycles. The molecule has 2 rings (SSSR count). The van der Waals surface area contributed by atoms with Gasteiger partial charge in [-0.2, -0.15) is 0 Å². The molecule has 0 saturated carbocycles. The van der Waals surface area contributed by atoms with Crippen LogP contribution in [0.3, 0.4) is 0 Å². The van der Waals surface area contributed by atoms with Gasteiger partial charge in [0.2, 0.25) is 0 Å². The topological polar surface area (TPSA) is 37.4 Å². The smallest absolute Gasteiger partial charge is 0.269 e. The van der Waals surface area contributed by atoms with Crippen LogP contribution in [0, 0.1) is 0 Å². The first-order chi connectivity index (χ1) is 7.22. The van der Waals surface area contributed by atoms with Crippen molar-refractivity contribution in [3.8, 4) is 0 Å². The van der Waals surface area contributed by atoms with E-state index in [4.69, 9.17) is 0 Å². The van der Waals surface area contributed by atoms with E-state index < -0.39 is 0 Å². The Morgan fingerprint density at radius 2 is 2.27 bits per heavy atom. The van der Waals surface area contributed by atoms with Gasteiger partial charge < -0.3 is 0 Å². The lowest BCUT2D eigenvalue weighted by Gasteiger charge is -2.06. The summed E-state index contributed by atoms with van der Waals surface area (Å²) in [5.74, 6) is -0.180. The standard InChI is InChI=1S/C10H9NO2S2/c1-2-11-9(12)8(15-10(11)13)6-7-4-3-5-14-7/h3-6H,2H2,1H3. The fourth-order valence-corrected chi connectivity index (χ4v) is 2.90. The van der Waals surface area contributed by atoms with Crippen LogP contribution in [0.15, 0.2) is 22.4 Å². The van der Waals surface area contributed by atoms with Crippen molar-refractivity contribution in [3.63, 3.8) is 0 Å². The largest absolute Gasteiger partial charge is 0.293 e. The monoisotopic (exact) mass is 239 g/mol. The molecule has 0 atom stereocenters. The van der Waals surface area contributed by atoms with Gasteiger partial charge >= 0.3 is 0 Å². The van der Waals surface area contributed by atoms with E-state index >= 15 is 0 Å². The van der Waals surface area contributed by atoms with Crippen molar-refractivity contribution >= 4 is 40.3 Å². The number of thioether (sulfide) groups is 1. The van der Waals surface area contributed by atoms with Crippen LogP contribution >= 0.6 is 23.1 Å². The van der Waals surface area contributed by atoms with Gasteiger partial charge in [0.1, 0.15) is 0 Å². The summed E-state index contributed by atoms with van der Waals surface area (Å²) in [5.41, 5.74) is 0. The predicted molar refractivity (Wildman–Crippen MR) is 62.7 cm³/mol. The number of amides is 2. The van der Waals surface area contributed by atoms with Crippen LogP contribution in [0.5, 0.6) is 0 Å². The molecule has 15 heavy (non-hydrogen) atoms. The minimum absolute atomic E-state index is 0.176. The summed E-state index contributed by atoms with van der Waals surface area (Å²) in [4.78, 5) is 25.8. The molecule has 1 aromatic rings. The summed E-state index contributed by atoms with van der Waals surface area (Å²) < 4.78 is 0. The lowest BCUT2D eigenvalue weighted by molar-refractivity contribution is -0.122. The molecule has 2 heterocycles. The lowest BCUT2D eigenvalue weighted by atomic mass is 10.4. The number of carbonyl (C=O) groups is 2. The summed E-state index contributed by atoms with van der Waals surface area (Å²) in [6.07, 6.45) is 1.77. The van der Waals surface area contributed by atoms with Crippen molar-refractivity contribution in [1.29, 1.82) is 0 Å². The van der Waals surface area contributed by atoms with E-state index in [1.54, 1.807) is 24.3 Å². The van der Waals surface area contributed by atoms with E-state index in [2.05, 4.69) is 0 Å². The van der Waals surface area contributed by atoms with Crippen molar-refractivity contribution in [2.75, 3.05) is 6.54 Å². The number of rotatable bonds is 2. The van der Waals surface area contributed by atoms with Crippen LogP contribution in [0.4, 0.5) is 4.79 Å². The molecular weight excluding hydrogens is 230 g/mol.